The van der Waals surface area contributed by atoms with Crippen LogP contribution in [0.15, 0.2) is 51.7 Å². The van der Waals surface area contributed by atoms with Crippen LogP contribution in [0.3, 0.4) is 0 Å². The minimum Gasteiger partial charge on any atom is -0.450 e. The standard InChI is InChI=1S/C24H27N3O5/c1-5-31-24(30)25-18-9-10-19-17(11-23(29)32-21(19)12-18)13-27(4)14-22(28)26-20-8-6-7-15(2)16(20)3/h6-12H,5,13-14H2,1-4H3,(H,25,30)(H,26,28). The van der Waals surface area contributed by atoms with Crippen LogP contribution < -0.4 is 16.3 Å². The minimum atomic E-state index is -0.583. The van der Waals surface area contributed by atoms with Gasteiger partial charge in [0.25, 0.3) is 0 Å². The summed E-state index contributed by atoms with van der Waals surface area (Å²) in [5.74, 6) is -0.144. The molecule has 0 aliphatic carbocycles. The van der Waals surface area contributed by atoms with Crippen LogP contribution in [0.2, 0.25) is 0 Å². The zero-order valence-electron chi connectivity index (χ0n) is 18.7. The number of ether oxygens (including phenoxy) is 1. The molecule has 0 radical (unpaired) electrons. The highest BCUT2D eigenvalue weighted by Crippen LogP contribution is 2.23. The van der Waals surface area contributed by atoms with Crippen LogP contribution in [0.5, 0.6) is 0 Å². The molecule has 0 unspecified atom stereocenters. The van der Waals surface area contributed by atoms with E-state index in [1.807, 2.05) is 36.9 Å². The van der Waals surface area contributed by atoms with Crippen molar-refractivity contribution in [2.24, 2.45) is 0 Å². The highest BCUT2D eigenvalue weighted by Gasteiger charge is 2.13. The number of hydrogen-bond donors (Lipinski definition) is 2. The van der Waals surface area contributed by atoms with E-state index in [1.54, 1.807) is 32.2 Å². The molecule has 0 spiro atoms. The first-order valence-electron chi connectivity index (χ1n) is 10.3. The van der Waals surface area contributed by atoms with Crippen molar-refractivity contribution in [1.82, 2.24) is 4.90 Å². The fourth-order valence-corrected chi connectivity index (χ4v) is 3.39. The Morgan fingerprint density at radius 2 is 1.88 bits per heavy atom. The first-order valence-corrected chi connectivity index (χ1v) is 10.3. The fraction of sp³-hybridized carbons (Fsp3) is 0.292. The second kappa shape index (κ2) is 10.1. The van der Waals surface area contributed by atoms with E-state index in [2.05, 4.69) is 10.6 Å². The summed E-state index contributed by atoms with van der Waals surface area (Å²) in [4.78, 5) is 38.1. The average molecular weight is 437 g/mol. The summed E-state index contributed by atoms with van der Waals surface area (Å²) in [6.07, 6.45) is -0.583. The zero-order valence-corrected chi connectivity index (χ0v) is 18.7. The number of nitrogens with zero attached hydrogens (tertiary/aromatic N) is 1. The van der Waals surface area contributed by atoms with Crippen molar-refractivity contribution < 1.29 is 18.7 Å². The van der Waals surface area contributed by atoms with E-state index in [-0.39, 0.29) is 19.1 Å². The lowest BCUT2D eigenvalue weighted by molar-refractivity contribution is -0.117. The van der Waals surface area contributed by atoms with Crippen LogP contribution in [0.1, 0.15) is 23.6 Å². The molecule has 2 amide bonds. The third-order valence-corrected chi connectivity index (χ3v) is 5.08. The van der Waals surface area contributed by atoms with Gasteiger partial charge in [-0.1, -0.05) is 12.1 Å². The van der Waals surface area contributed by atoms with Gasteiger partial charge in [0.05, 0.1) is 13.2 Å². The number of likely N-dealkylation sites (N-methyl/N-ethyl adjacent to an activating group) is 1. The van der Waals surface area contributed by atoms with Crippen molar-refractivity contribution in [3.63, 3.8) is 0 Å². The smallest absolute Gasteiger partial charge is 0.411 e. The molecule has 0 fully saturated rings. The fourth-order valence-electron chi connectivity index (χ4n) is 3.39. The second-order valence-electron chi connectivity index (χ2n) is 7.62. The Labute approximate surface area is 186 Å². The third kappa shape index (κ3) is 5.73. The second-order valence-corrected chi connectivity index (χ2v) is 7.62. The number of fused-ring (bicyclic) bond motifs is 1. The third-order valence-electron chi connectivity index (χ3n) is 5.08. The molecule has 0 aliphatic heterocycles. The number of aryl methyl sites for hydroxylation is 1. The van der Waals surface area contributed by atoms with E-state index in [9.17, 15) is 14.4 Å². The molecule has 0 saturated heterocycles. The first kappa shape index (κ1) is 23.0. The number of carbonyl (C=O) groups is 2. The highest BCUT2D eigenvalue weighted by molar-refractivity contribution is 5.93. The van der Waals surface area contributed by atoms with Crippen LogP contribution in [-0.4, -0.2) is 37.1 Å². The molecule has 0 saturated carbocycles. The van der Waals surface area contributed by atoms with E-state index >= 15 is 0 Å². The van der Waals surface area contributed by atoms with Gasteiger partial charge in [-0.05, 0) is 62.7 Å². The van der Waals surface area contributed by atoms with Crippen molar-refractivity contribution >= 4 is 34.3 Å². The van der Waals surface area contributed by atoms with Crippen LogP contribution >= 0.6 is 0 Å². The molecule has 0 aliphatic rings. The summed E-state index contributed by atoms with van der Waals surface area (Å²) in [5, 5.41) is 6.25. The monoisotopic (exact) mass is 437 g/mol. The van der Waals surface area contributed by atoms with Gasteiger partial charge < -0.3 is 14.5 Å². The maximum absolute atomic E-state index is 12.5. The molecule has 0 bridgehead atoms. The number of benzene rings is 2. The number of hydrogen-bond acceptors (Lipinski definition) is 6. The zero-order chi connectivity index (χ0) is 23.3. The molecule has 8 nitrogen and oxygen atoms in total. The Morgan fingerprint density at radius 1 is 1.09 bits per heavy atom. The Balaban J connectivity index is 1.73. The van der Waals surface area contributed by atoms with E-state index < -0.39 is 11.7 Å². The molecule has 0 atom stereocenters. The molecule has 3 aromatic rings. The normalized spacial score (nSPS) is 10.9. The lowest BCUT2D eigenvalue weighted by Gasteiger charge is -2.18. The molecule has 8 heteroatoms. The van der Waals surface area contributed by atoms with E-state index in [0.717, 1.165) is 27.8 Å². The summed E-state index contributed by atoms with van der Waals surface area (Å²) in [5.41, 5.74) is 3.94. The topological polar surface area (TPSA) is 101 Å². The number of anilines is 2. The molecular formula is C24H27N3O5. The van der Waals surface area contributed by atoms with Crippen molar-refractivity contribution in [3.8, 4) is 0 Å². The summed E-state index contributed by atoms with van der Waals surface area (Å²) in [7, 11) is 1.81. The van der Waals surface area contributed by atoms with Gasteiger partial charge in [0.2, 0.25) is 5.91 Å². The molecule has 1 aromatic heterocycles. The largest absolute Gasteiger partial charge is 0.450 e. The van der Waals surface area contributed by atoms with Crippen molar-refractivity contribution in [1.29, 1.82) is 0 Å². The molecular weight excluding hydrogens is 410 g/mol. The van der Waals surface area contributed by atoms with Gasteiger partial charge in [-0.3, -0.25) is 15.0 Å². The maximum Gasteiger partial charge on any atom is 0.411 e. The van der Waals surface area contributed by atoms with Gasteiger partial charge >= 0.3 is 11.7 Å². The van der Waals surface area contributed by atoms with Gasteiger partial charge in [0, 0.05) is 35.4 Å². The summed E-state index contributed by atoms with van der Waals surface area (Å²) >= 11 is 0. The lowest BCUT2D eigenvalue weighted by Crippen LogP contribution is -2.30. The number of nitrogens with one attached hydrogen (secondary N) is 2. The quantitative estimate of drug-likeness (QED) is 0.541. The molecule has 2 aromatic carbocycles. The minimum absolute atomic E-state index is 0.144. The lowest BCUT2D eigenvalue weighted by atomic mass is 10.1. The van der Waals surface area contributed by atoms with E-state index in [4.69, 9.17) is 9.15 Å². The van der Waals surface area contributed by atoms with Gasteiger partial charge in [-0.2, -0.15) is 0 Å². The van der Waals surface area contributed by atoms with Crippen LogP contribution in [0.25, 0.3) is 11.0 Å². The van der Waals surface area contributed by atoms with Gasteiger partial charge in [0.15, 0.2) is 0 Å². The first-order chi connectivity index (χ1) is 15.3. The van der Waals surface area contributed by atoms with E-state index in [1.165, 1.54) is 6.07 Å². The highest BCUT2D eigenvalue weighted by atomic mass is 16.5. The summed E-state index contributed by atoms with van der Waals surface area (Å²) in [6.45, 7) is 6.45. The van der Waals surface area contributed by atoms with Gasteiger partial charge in [-0.15, -0.1) is 0 Å². The number of carbonyl (C=O) groups excluding carboxylic acids is 2. The van der Waals surface area contributed by atoms with Crippen LogP contribution in [0, 0.1) is 13.8 Å². The number of amides is 2. The molecule has 2 N–H and O–H groups in total. The van der Waals surface area contributed by atoms with Crippen LogP contribution in [0.4, 0.5) is 16.2 Å². The predicted molar refractivity (Wildman–Crippen MR) is 124 cm³/mol. The van der Waals surface area contributed by atoms with Gasteiger partial charge in [-0.25, -0.2) is 9.59 Å². The predicted octanol–water partition coefficient (Wildman–Crippen LogP) is 4.05. The number of rotatable bonds is 7. The molecule has 1 heterocycles. The summed E-state index contributed by atoms with van der Waals surface area (Å²) in [6, 6.07) is 12.2. The Hall–Kier alpha value is -3.65. The van der Waals surface area contributed by atoms with Gasteiger partial charge in [0.1, 0.15) is 5.58 Å². The molecule has 3 rings (SSSR count). The maximum atomic E-state index is 12.5. The van der Waals surface area contributed by atoms with Crippen LogP contribution in [-0.2, 0) is 16.1 Å². The van der Waals surface area contributed by atoms with E-state index in [0.29, 0.717) is 17.8 Å². The molecule has 32 heavy (non-hydrogen) atoms. The van der Waals surface area contributed by atoms with Crippen molar-refractivity contribution in [2.45, 2.75) is 27.3 Å². The Kier molecular flexibility index (Phi) is 7.27. The Morgan fingerprint density at radius 3 is 2.62 bits per heavy atom. The molecule has 168 valence electrons. The van der Waals surface area contributed by atoms with Crippen molar-refractivity contribution in [2.75, 3.05) is 30.8 Å². The van der Waals surface area contributed by atoms with Crippen molar-refractivity contribution in [3.05, 3.63) is 69.6 Å². The average Bonchev–Trinajstić information content (AvgIpc) is 2.71. The SMILES string of the molecule is CCOC(=O)Nc1ccc2c(CN(C)CC(=O)Nc3cccc(C)c3C)cc(=O)oc2c1. The Bertz CT molecular complexity index is 1200. The summed E-state index contributed by atoms with van der Waals surface area (Å²) < 4.78 is 10.2.